The Morgan fingerprint density at radius 2 is 2.50 bits per heavy atom. The molecule has 2 unspecified atom stereocenters. The summed E-state index contributed by atoms with van der Waals surface area (Å²) in [7, 11) is 3.94. The monoisotopic (exact) mass is 223 g/mol. The summed E-state index contributed by atoms with van der Waals surface area (Å²) in [6, 6.07) is 2.38. The molecule has 16 heavy (non-hydrogen) atoms. The molecule has 1 N–H and O–H groups in total. The molecule has 0 bridgehead atoms. The van der Waals surface area contributed by atoms with Gasteiger partial charge in [-0.05, 0) is 38.8 Å². The number of aromatic nitrogens is 2. The van der Waals surface area contributed by atoms with E-state index in [0.717, 1.165) is 18.7 Å². The van der Waals surface area contributed by atoms with Gasteiger partial charge in [0, 0.05) is 19.9 Å². The highest BCUT2D eigenvalue weighted by Gasteiger charge is 2.20. The lowest BCUT2D eigenvalue weighted by atomic mass is 10.0. The average Bonchev–Trinajstić information content (AvgIpc) is 2.74. The predicted molar refractivity (Wildman–Crippen MR) is 63.2 cm³/mol. The van der Waals surface area contributed by atoms with Crippen LogP contribution in [0.1, 0.15) is 37.4 Å². The zero-order chi connectivity index (χ0) is 11.4. The summed E-state index contributed by atoms with van der Waals surface area (Å²) in [4.78, 5) is 0. The SMILES string of the molecule is CNC(CC1CCCCO1)c1ccn(C)n1. The van der Waals surface area contributed by atoms with Gasteiger partial charge in [-0.3, -0.25) is 4.68 Å². The van der Waals surface area contributed by atoms with Crippen LogP contribution in [0.2, 0.25) is 0 Å². The van der Waals surface area contributed by atoms with Gasteiger partial charge in [0.2, 0.25) is 0 Å². The maximum absolute atomic E-state index is 5.76. The molecule has 0 amide bonds. The fraction of sp³-hybridized carbons (Fsp3) is 0.750. The van der Waals surface area contributed by atoms with Crippen LogP contribution in [0.5, 0.6) is 0 Å². The Morgan fingerprint density at radius 1 is 1.62 bits per heavy atom. The maximum Gasteiger partial charge on any atom is 0.0794 e. The minimum Gasteiger partial charge on any atom is -0.378 e. The first-order chi connectivity index (χ1) is 7.79. The summed E-state index contributed by atoms with van der Waals surface area (Å²) < 4.78 is 7.61. The molecular weight excluding hydrogens is 202 g/mol. The van der Waals surface area contributed by atoms with Crippen molar-refractivity contribution in [2.45, 2.75) is 37.8 Å². The molecule has 2 rings (SSSR count). The Kier molecular flexibility index (Phi) is 3.96. The van der Waals surface area contributed by atoms with Gasteiger partial charge in [-0.25, -0.2) is 0 Å². The van der Waals surface area contributed by atoms with Gasteiger partial charge >= 0.3 is 0 Å². The molecule has 2 heterocycles. The van der Waals surface area contributed by atoms with Crippen LogP contribution in [0.4, 0.5) is 0 Å². The summed E-state index contributed by atoms with van der Waals surface area (Å²) in [5.74, 6) is 0. The van der Waals surface area contributed by atoms with Gasteiger partial charge in [0.05, 0.1) is 17.8 Å². The molecule has 2 atom stereocenters. The molecule has 1 fully saturated rings. The molecule has 4 heteroatoms. The number of nitrogens with one attached hydrogen (secondary N) is 1. The maximum atomic E-state index is 5.76. The normalized spacial score (nSPS) is 23.2. The Labute approximate surface area is 97.0 Å². The van der Waals surface area contributed by atoms with Crippen LogP contribution in [0.15, 0.2) is 12.3 Å². The molecule has 0 saturated carbocycles. The van der Waals surface area contributed by atoms with Crippen molar-refractivity contribution in [1.82, 2.24) is 15.1 Å². The fourth-order valence-electron chi connectivity index (χ4n) is 2.26. The quantitative estimate of drug-likeness (QED) is 0.843. The summed E-state index contributed by atoms with van der Waals surface area (Å²) in [6.45, 7) is 0.920. The third kappa shape index (κ3) is 2.83. The van der Waals surface area contributed by atoms with Crippen LogP contribution in [0, 0.1) is 0 Å². The van der Waals surface area contributed by atoms with Crippen LogP contribution in [-0.2, 0) is 11.8 Å². The summed E-state index contributed by atoms with van der Waals surface area (Å²) in [5.41, 5.74) is 1.11. The topological polar surface area (TPSA) is 39.1 Å². The van der Waals surface area contributed by atoms with Crippen LogP contribution in [0.25, 0.3) is 0 Å². The standard InChI is InChI=1S/C12H21N3O/c1-13-12(11-6-7-15(2)14-11)9-10-5-3-4-8-16-10/h6-7,10,12-13H,3-5,8-9H2,1-2H3. The Hall–Kier alpha value is -0.870. The zero-order valence-electron chi connectivity index (χ0n) is 10.1. The molecule has 1 saturated heterocycles. The number of nitrogens with zero attached hydrogens (tertiary/aromatic N) is 2. The highest BCUT2D eigenvalue weighted by molar-refractivity contribution is 5.05. The molecule has 1 aromatic rings. The van der Waals surface area contributed by atoms with Gasteiger partial charge in [0.25, 0.3) is 0 Å². The molecule has 4 nitrogen and oxygen atoms in total. The van der Waals surface area contributed by atoms with Crippen LogP contribution < -0.4 is 5.32 Å². The first-order valence-corrected chi connectivity index (χ1v) is 6.08. The number of hydrogen-bond acceptors (Lipinski definition) is 3. The van der Waals surface area contributed by atoms with Crippen LogP contribution in [0.3, 0.4) is 0 Å². The van der Waals surface area contributed by atoms with E-state index in [9.17, 15) is 0 Å². The van der Waals surface area contributed by atoms with Gasteiger partial charge in [0.15, 0.2) is 0 Å². The van der Waals surface area contributed by atoms with Crippen molar-refractivity contribution in [3.63, 3.8) is 0 Å². The van der Waals surface area contributed by atoms with E-state index in [-0.39, 0.29) is 0 Å². The summed E-state index contributed by atoms with van der Waals surface area (Å²) >= 11 is 0. The number of aryl methyl sites for hydroxylation is 1. The van der Waals surface area contributed by atoms with Crippen molar-refractivity contribution in [2.24, 2.45) is 7.05 Å². The third-order valence-electron chi connectivity index (χ3n) is 3.21. The summed E-state index contributed by atoms with van der Waals surface area (Å²) in [6.07, 6.45) is 7.10. The Morgan fingerprint density at radius 3 is 3.06 bits per heavy atom. The second kappa shape index (κ2) is 5.46. The lowest BCUT2D eigenvalue weighted by molar-refractivity contribution is 0.00521. The van der Waals surface area contributed by atoms with Crippen molar-refractivity contribution in [3.05, 3.63) is 18.0 Å². The second-order valence-electron chi connectivity index (χ2n) is 4.48. The van der Waals surface area contributed by atoms with Crippen molar-refractivity contribution in [2.75, 3.05) is 13.7 Å². The van der Waals surface area contributed by atoms with Gasteiger partial charge < -0.3 is 10.1 Å². The van der Waals surface area contributed by atoms with Gasteiger partial charge in [-0.1, -0.05) is 0 Å². The van der Waals surface area contributed by atoms with E-state index in [0.29, 0.717) is 12.1 Å². The molecule has 0 aliphatic carbocycles. The van der Waals surface area contributed by atoms with E-state index in [1.165, 1.54) is 19.3 Å². The van der Waals surface area contributed by atoms with E-state index in [4.69, 9.17) is 4.74 Å². The molecule has 1 aliphatic rings. The Bertz CT molecular complexity index is 318. The van der Waals surface area contributed by atoms with E-state index >= 15 is 0 Å². The van der Waals surface area contributed by atoms with Gasteiger partial charge in [-0.2, -0.15) is 5.10 Å². The van der Waals surface area contributed by atoms with E-state index in [2.05, 4.69) is 16.5 Å². The van der Waals surface area contributed by atoms with Gasteiger partial charge in [0.1, 0.15) is 0 Å². The number of rotatable bonds is 4. The number of ether oxygens (including phenoxy) is 1. The zero-order valence-corrected chi connectivity index (χ0v) is 10.1. The van der Waals surface area contributed by atoms with Crippen molar-refractivity contribution in [3.8, 4) is 0 Å². The predicted octanol–water partition coefficient (Wildman–Crippen LogP) is 1.64. The molecule has 0 aromatic carbocycles. The molecule has 0 spiro atoms. The van der Waals surface area contributed by atoms with Crippen molar-refractivity contribution >= 4 is 0 Å². The minimum atomic E-state index is 0.310. The van der Waals surface area contributed by atoms with Crippen LogP contribution >= 0.6 is 0 Å². The first kappa shape index (κ1) is 11.6. The van der Waals surface area contributed by atoms with E-state index in [1.807, 2.05) is 25.0 Å². The molecular formula is C12H21N3O. The largest absolute Gasteiger partial charge is 0.378 e. The third-order valence-corrected chi connectivity index (χ3v) is 3.21. The summed E-state index contributed by atoms with van der Waals surface area (Å²) in [5, 5.41) is 7.77. The average molecular weight is 223 g/mol. The highest BCUT2D eigenvalue weighted by Crippen LogP contribution is 2.23. The molecule has 1 aromatic heterocycles. The lowest BCUT2D eigenvalue weighted by Gasteiger charge is -2.26. The lowest BCUT2D eigenvalue weighted by Crippen LogP contribution is -2.27. The Balaban J connectivity index is 1.94. The van der Waals surface area contributed by atoms with E-state index in [1.54, 1.807) is 0 Å². The van der Waals surface area contributed by atoms with E-state index < -0.39 is 0 Å². The fourth-order valence-corrected chi connectivity index (χ4v) is 2.26. The van der Waals surface area contributed by atoms with Crippen LogP contribution in [-0.4, -0.2) is 29.5 Å². The smallest absolute Gasteiger partial charge is 0.0794 e. The second-order valence-corrected chi connectivity index (χ2v) is 4.48. The molecule has 90 valence electrons. The van der Waals surface area contributed by atoms with Gasteiger partial charge in [-0.15, -0.1) is 0 Å². The minimum absolute atomic E-state index is 0.310. The molecule has 1 aliphatic heterocycles. The molecule has 0 radical (unpaired) electrons. The van der Waals surface area contributed by atoms with Crippen molar-refractivity contribution in [1.29, 1.82) is 0 Å². The van der Waals surface area contributed by atoms with Crippen molar-refractivity contribution < 1.29 is 4.74 Å². The highest BCUT2D eigenvalue weighted by atomic mass is 16.5. The number of hydrogen-bond donors (Lipinski definition) is 1. The first-order valence-electron chi connectivity index (χ1n) is 6.08.